The second kappa shape index (κ2) is 10.1. The van der Waals surface area contributed by atoms with Crippen LogP contribution in [0.2, 0.25) is 15.1 Å². The van der Waals surface area contributed by atoms with Gasteiger partial charge < -0.3 is 10.1 Å². The number of hydrogen-bond donors (Lipinski definition) is 1. The fourth-order valence-electron chi connectivity index (χ4n) is 2.75. The van der Waals surface area contributed by atoms with E-state index in [0.29, 0.717) is 32.9 Å². The predicted octanol–water partition coefficient (Wildman–Crippen LogP) is 6.70. The Balaban J connectivity index is 1.50. The van der Waals surface area contributed by atoms with Crippen LogP contribution in [0.1, 0.15) is 16.7 Å². The van der Waals surface area contributed by atoms with Crippen LogP contribution < -0.4 is 10.1 Å². The van der Waals surface area contributed by atoms with Gasteiger partial charge in [-0.1, -0.05) is 59.1 Å². The highest BCUT2D eigenvalue weighted by molar-refractivity contribution is 6.35. The number of rotatable bonds is 8. The second-order valence-corrected chi connectivity index (χ2v) is 7.55. The van der Waals surface area contributed by atoms with Gasteiger partial charge in [0.15, 0.2) is 0 Å². The average Bonchev–Trinajstić information content (AvgIpc) is 2.66. The molecule has 0 spiro atoms. The van der Waals surface area contributed by atoms with Crippen LogP contribution in [0.15, 0.2) is 60.7 Å². The molecule has 0 saturated carbocycles. The Bertz CT molecular complexity index is 929. The SMILES string of the molecule is Fc1cccc(Cl)c1COc1cccc(CNCCc2ccc(Cl)cc2Cl)c1. The van der Waals surface area contributed by atoms with Crippen molar-refractivity contribution in [3.63, 3.8) is 0 Å². The molecule has 2 nitrogen and oxygen atoms in total. The molecule has 0 atom stereocenters. The van der Waals surface area contributed by atoms with Gasteiger partial charge in [-0.15, -0.1) is 0 Å². The molecule has 0 fully saturated rings. The summed E-state index contributed by atoms with van der Waals surface area (Å²) in [5, 5.41) is 5.05. The van der Waals surface area contributed by atoms with Crippen molar-refractivity contribution in [2.45, 2.75) is 19.6 Å². The second-order valence-electron chi connectivity index (χ2n) is 6.30. The molecule has 1 N–H and O–H groups in total. The van der Waals surface area contributed by atoms with Crippen molar-refractivity contribution in [2.75, 3.05) is 6.54 Å². The molecule has 0 heterocycles. The van der Waals surface area contributed by atoms with E-state index in [0.717, 1.165) is 24.1 Å². The first kappa shape index (κ1) is 20.9. The standard InChI is InChI=1S/C22H19Cl3FNO/c23-17-8-7-16(21(25)12-17)9-10-27-13-15-3-1-4-18(11-15)28-14-19-20(24)5-2-6-22(19)26/h1-8,11-12,27H,9-10,13-14H2. The van der Waals surface area contributed by atoms with Crippen molar-refractivity contribution in [2.24, 2.45) is 0 Å². The van der Waals surface area contributed by atoms with Gasteiger partial charge >= 0.3 is 0 Å². The van der Waals surface area contributed by atoms with E-state index in [1.54, 1.807) is 18.2 Å². The third-order valence-corrected chi connectivity index (χ3v) is 5.20. The van der Waals surface area contributed by atoms with Gasteiger partial charge in [0.25, 0.3) is 0 Å². The molecule has 0 radical (unpaired) electrons. The predicted molar refractivity (Wildman–Crippen MR) is 114 cm³/mol. The molecule has 0 aliphatic carbocycles. The fraction of sp³-hybridized carbons (Fsp3) is 0.182. The van der Waals surface area contributed by atoms with Gasteiger partial charge in [-0.25, -0.2) is 4.39 Å². The highest BCUT2D eigenvalue weighted by Crippen LogP contribution is 2.23. The molecule has 0 saturated heterocycles. The van der Waals surface area contributed by atoms with Crippen LogP contribution in [0.3, 0.4) is 0 Å². The van der Waals surface area contributed by atoms with E-state index in [1.807, 2.05) is 36.4 Å². The maximum Gasteiger partial charge on any atom is 0.131 e. The quantitative estimate of drug-likeness (QED) is 0.395. The van der Waals surface area contributed by atoms with Gasteiger partial charge in [0.05, 0.1) is 5.02 Å². The molecule has 3 rings (SSSR count). The van der Waals surface area contributed by atoms with Crippen molar-refractivity contribution in [1.82, 2.24) is 5.32 Å². The van der Waals surface area contributed by atoms with Crippen molar-refractivity contribution in [1.29, 1.82) is 0 Å². The fourth-order valence-corrected chi connectivity index (χ4v) is 3.47. The molecule has 146 valence electrons. The molecule has 3 aromatic carbocycles. The van der Waals surface area contributed by atoms with Gasteiger partial charge in [-0.2, -0.15) is 0 Å². The minimum absolute atomic E-state index is 0.0808. The summed E-state index contributed by atoms with van der Waals surface area (Å²) in [6.07, 6.45) is 0.804. The van der Waals surface area contributed by atoms with Crippen LogP contribution in [0.4, 0.5) is 4.39 Å². The Hall–Kier alpha value is -1.78. The summed E-state index contributed by atoms with van der Waals surface area (Å²) >= 11 is 18.1. The molecular weight excluding hydrogens is 420 g/mol. The van der Waals surface area contributed by atoms with E-state index in [1.165, 1.54) is 6.07 Å². The third kappa shape index (κ3) is 5.86. The summed E-state index contributed by atoms with van der Waals surface area (Å²) in [6.45, 7) is 1.54. The van der Waals surface area contributed by atoms with E-state index in [4.69, 9.17) is 39.5 Å². The van der Waals surface area contributed by atoms with Gasteiger partial charge in [0, 0.05) is 22.2 Å². The lowest BCUT2D eigenvalue weighted by atomic mass is 10.1. The van der Waals surface area contributed by atoms with Crippen LogP contribution in [-0.4, -0.2) is 6.54 Å². The first-order chi connectivity index (χ1) is 13.5. The molecule has 0 aliphatic heterocycles. The summed E-state index contributed by atoms with van der Waals surface area (Å²) in [4.78, 5) is 0. The molecule has 28 heavy (non-hydrogen) atoms. The Labute approximate surface area is 179 Å². The van der Waals surface area contributed by atoms with E-state index < -0.39 is 0 Å². The normalized spacial score (nSPS) is 10.9. The lowest BCUT2D eigenvalue weighted by Gasteiger charge is -2.11. The van der Waals surface area contributed by atoms with Gasteiger partial charge in [0.2, 0.25) is 0 Å². The first-order valence-electron chi connectivity index (χ1n) is 8.82. The van der Waals surface area contributed by atoms with Crippen LogP contribution in [0.5, 0.6) is 5.75 Å². The third-order valence-electron chi connectivity index (χ3n) is 4.26. The van der Waals surface area contributed by atoms with Crippen molar-refractivity contribution < 1.29 is 9.13 Å². The largest absolute Gasteiger partial charge is 0.489 e. The first-order valence-corrected chi connectivity index (χ1v) is 9.95. The molecule has 0 aliphatic rings. The number of hydrogen-bond acceptors (Lipinski definition) is 2. The molecule has 3 aromatic rings. The minimum Gasteiger partial charge on any atom is -0.489 e. The van der Waals surface area contributed by atoms with Crippen molar-refractivity contribution in [3.8, 4) is 5.75 Å². The molecular formula is C22H19Cl3FNO. The van der Waals surface area contributed by atoms with Crippen molar-refractivity contribution in [3.05, 3.63) is 98.2 Å². The van der Waals surface area contributed by atoms with Crippen LogP contribution in [-0.2, 0) is 19.6 Å². The van der Waals surface area contributed by atoms with E-state index in [2.05, 4.69) is 5.32 Å². The van der Waals surface area contributed by atoms with E-state index >= 15 is 0 Å². The van der Waals surface area contributed by atoms with Gasteiger partial charge in [-0.05, 0) is 60.5 Å². The minimum atomic E-state index is -0.369. The zero-order valence-corrected chi connectivity index (χ0v) is 17.3. The molecule has 0 amide bonds. The smallest absolute Gasteiger partial charge is 0.131 e. The lowest BCUT2D eigenvalue weighted by molar-refractivity contribution is 0.299. The Morgan fingerprint density at radius 2 is 1.71 bits per heavy atom. The van der Waals surface area contributed by atoms with E-state index in [9.17, 15) is 4.39 Å². The van der Waals surface area contributed by atoms with Crippen LogP contribution in [0.25, 0.3) is 0 Å². The maximum absolute atomic E-state index is 13.8. The number of nitrogens with one attached hydrogen (secondary N) is 1. The monoisotopic (exact) mass is 437 g/mol. The molecule has 0 bridgehead atoms. The molecule has 0 aromatic heterocycles. The molecule has 6 heteroatoms. The Morgan fingerprint density at radius 1 is 0.893 bits per heavy atom. The maximum atomic E-state index is 13.8. The summed E-state index contributed by atoms with van der Waals surface area (Å²) < 4.78 is 19.6. The summed E-state index contributed by atoms with van der Waals surface area (Å²) in [5.41, 5.74) is 2.48. The van der Waals surface area contributed by atoms with Crippen LogP contribution in [0, 0.1) is 5.82 Å². The zero-order valence-electron chi connectivity index (χ0n) is 15.0. The lowest BCUT2D eigenvalue weighted by Crippen LogP contribution is -2.16. The number of ether oxygens (including phenoxy) is 1. The van der Waals surface area contributed by atoms with Crippen LogP contribution >= 0.6 is 34.8 Å². The topological polar surface area (TPSA) is 21.3 Å². The Kier molecular flexibility index (Phi) is 7.57. The summed E-state index contributed by atoms with van der Waals surface area (Å²) in [5.74, 6) is 0.297. The van der Waals surface area contributed by atoms with E-state index in [-0.39, 0.29) is 12.4 Å². The summed E-state index contributed by atoms with van der Waals surface area (Å²) in [7, 11) is 0. The summed E-state index contributed by atoms with van der Waals surface area (Å²) in [6, 6.07) is 17.8. The number of halogens is 4. The van der Waals surface area contributed by atoms with Gasteiger partial charge in [0.1, 0.15) is 18.2 Å². The molecule has 0 unspecified atom stereocenters. The highest BCUT2D eigenvalue weighted by atomic mass is 35.5. The highest BCUT2D eigenvalue weighted by Gasteiger charge is 2.08. The Morgan fingerprint density at radius 3 is 2.50 bits per heavy atom. The van der Waals surface area contributed by atoms with Crippen molar-refractivity contribution >= 4 is 34.8 Å². The van der Waals surface area contributed by atoms with Gasteiger partial charge in [-0.3, -0.25) is 0 Å². The zero-order chi connectivity index (χ0) is 19.9. The average molecular weight is 439 g/mol. The number of benzene rings is 3.